The van der Waals surface area contributed by atoms with Crippen molar-refractivity contribution in [3.05, 3.63) is 60.2 Å². The van der Waals surface area contributed by atoms with Gasteiger partial charge < -0.3 is 15.4 Å². The Morgan fingerprint density at radius 1 is 1.11 bits per heavy atom. The van der Waals surface area contributed by atoms with E-state index in [9.17, 15) is 14.9 Å². The molecular formula is C21H23N3O3. The number of benzene rings is 2. The second-order valence-corrected chi connectivity index (χ2v) is 6.62. The number of carbonyl (C=O) groups excluding carboxylic acids is 2. The van der Waals surface area contributed by atoms with Gasteiger partial charge in [-0.05, 0) is 37.1 Å². The third-order valence-corrected chi connectivity index (χ3v) is 4.31. The summed E-state index contributed by atoms with van der Waals surface area (Å²) in [4.78, 5) is 24.7. The Morgan fingerprint density at radius 2 is 1.74 bits per heavy atom. The maximum atomic E-state index is 12.5. The van der Waals surface area contributed by atoms with E-state index in [0.717, 1.165) is 0 Å². The summed E-state index contributed by atoms with van der Waals surface area (Å²) < 4.78 is 5.55. The molecule has 0 radical (unpaired) electrons. The molecule has 2 N–H and O–H groups in total. The second kappa shape index (κ2) is 8.86. The van der Waals surface area contributed by atoms with E-state index in [1.54, 1.807) is 43.3 Å². The third kappa shape index (κ3) is 5.32. The Morgan fingerprint density at radius 3 is 2.37 bits per heavy atom. The first-order chi connectivity index (χ1) is 12.9. The summed E-state index contributed by atoms with van der Waals surface area (Å²) in [5, 5.41) is 14.8. The van der Waals surface area contributed by atoms with Crippen molar-refractivity contribution in [2.45, 2.75) is 26.3 Å². The van der Waals surface area contributed by atoms with Crippen molar-refractivity contribution < 1.29 is 14.3 Å². The Bertz CT molecular complexity index is 843. The van der Waals surface area contributed by atoms with Crippen LogP contribution in [-0.4, -0.2) is 24.0 Å². The summed E-state index contributed by atoms with van der Waals surface area (Å²) in [6, 6.07) is 17.9. The summed E-state index contributed by atoms with van der Waals surface area (Å²) in [6.45, 7) is 5.08. The zero-order chi connectivity index (χ0) is 19.9. The molecule has 6 nitrogen and oxygen atoms in total. The van der Waals surface area contributed by atoms with Gasteiger partial charge in [0.2, 0.25) is 0 Å². The standard InChI is InChI=1S/C21H23N3O3/c1-15(2)21(3,14-22)24-19(25)13-27-18-12-8-7-11-17(18)20(26)23-16-9-5-4-6-10-16/h4-12,15H,13H2,1-3H3,(H,23,26)(H,24,25). The van der Waals surface area contributed by atoms with Crippen LogP contribution in [0.1, 0.15) is 31.1 Å². The number of carbonyl (C=O) groups is 2. The first-order valence-corrected chi connectivity index (χ1v) is 8.66. The van der Waals surface area contributed by atoms with Gasteiger partial charge in [-0.3, -0.25) is 9.59 Å². The van der Waals surface area contributed by atoms with Gasteiger partial charge in [0.1, 0.15) is 11.3 Å². The number of hydrogen-bond donors (Lipinski definition) is 2. The quantitative estimate of drug-likeness (QED) is 0.787. The molecule has 0 aliphatic rings. The van der Waals surface area contributed by atoms with Gasteiger partial charge in [-0.25, -0.2) is 0 Å². The molecule has 0 heterocycles. The minimum Gasteiger partial charge on any atom is -0.483 e. The molecule has 140 valence electrons. The number of ether oxygens (including phenoxy) is 1. The summed E-state index contributed by atoms with van der Waals surface area (Å²) in [6.07, 6.45) is 0. The lowest BCUT2D eigenvalue weighted by molar-refractivity contribution is -0.124. The van der Waals surface area contributed by atoms with Crippen molar-refractivity contribution in [1.82, 2.24) is 5.32 Å². The lowest BCUT2D eigenvalue weighted by atomic mass is 9.90. The maximum Gasteiger partial charge on any atom is 0.259 e. The highest BCUT2D eigenvalue weighted by atomic mass is 16.5. The highest BCUT2D eigenvalue weighted by Crippen LogP contribution is 2.20. The minimum absolute atomic E-state index is 0.0598. The molecule has 0 aromatic heterocycles. The van der Waals surface area contributed by atoms with E-state index < -0.39 is 11.4 Å². The molecule has 0 fully saturated rings. The molecule has 2 aromatic carbocycles. The van der Waals surface area contributed by atoms with Crippen LogP contribution in [0.2, 0.25) is 0 Å². The fourth-order valence-corrected chi connectivity index (χ4v) is 2.27. The molecule has 0 saturated heterocycles. The number of hydrogen-bond acceptors (Lipinski definition) is 4. The van der Waals surface area contributed by atoms with Gasteiger partial charge in [0, 0.05) is 5.69 Å². The maximum absolute atomic E-state index is 12.5. The van der Waals surface area contributed by atoms with E-state index in [1.165, 1.54) is 0 Å². The van der Waals surface area contributed by atoms with Crippen LogP contribution in [0.3, 0.4) is 0 Å². The van der Waals surface area contributed by atoms with Gasteiger partial charge in [-0.1, -0.05) is 44.2 Å². The molecule has 0 aliphatic carbocycles. The molecule has 0 aliphatic heterocycles. The van der Waals surface area contributed by atoms with Gasteiger partial charge in [-0.2, -0.15) is 5.26 Å². The van der Waals surface area contributed by atoms with Gasteiger partial charge >= 0.3 is 0 Å². The highest BCUT2D eigenvalue weighted by Gasteiger charge is 2.30. The first kappa shape index (κ1) is 20.0. The van der Waals surface area contributed by atoms with Gasteiger partial charge in [0.25, 0.3) is 11.8 Å². The monoisotopic (exact) mass is 365 g/mol. The molecule has 2 rings (SSSR count). The second-order valence-electron chi connectivity index (χ2n) is 6.62. The molecular weight excluding hydrogens is 342 g/mol. The molecule has 2 aromatic rings. The van der Waals surface area contributed by atoms with Crippen molar-refractivity contribution in [2.24, 2.45) is 5.92 Å². The molecule has 1 atom stereocenters. The van der Waals surface area contributed by atoms with E-state index in [-0.39, 0.29) is 18.4 Å². The van der Waals surface area contributed by atoms with Crippen LogP contribution >= 0.6 is 0 Å². The van der Waals surface area contributed by atoms with E-state index in [1.807, 2.05) is 32.0 Å². The average molecular weight is 365 g/mol. The Kier molecular flexibility index (Phi) is 6.56. The first-order valence-electron chi connectivity index (χ1n) is 8.66. The van der Waals surface area contributed by atoms with Gasteiger partial charge in [0.15, 0.2) is 6.61 Å². The summed E-state index contributed by atoms with van der Waals surface area (Å²) in [5.41, 5.74) is 0.00259. The average Bonchev–Trinajstić information content (AvgIpc) is 2.67. The molecule has 0 bridgehead atoms. The lowest BCUT2D eigenvalue weighted by Crippen LogP contribution is -2.50. The number of nitrogens with zero attached hydrogens (tertiary/aromatic N) is 1. The third-order valence-electron chi connectivity index (χ3n) is 4.31. The van der Waals surface area contributed by atoms with Crippen molar-refractivity contribution in [3.63, 3.8) is 0 Å². The van der Waals surface area contributed by atoms with Crippen LogP contribution in [0, 0.1) is 17.2 Å². The molecule has 1 unspecified atom stereocenters. The SMILES string of the molecule is CC(C)C(C)(C#N)NC(=O)COc1ccccc1C(=O)Nc1ccccc1. The largest absolute Gasteiger partial charge is 0.483 e. The Balaban J connectivity index is 2.05. The number of rotatable bonds is 7. The van der Waals surface area contributed by atoms with E-state index in [2.05, 4.69) is 16.7 Å². The Hall–Kier alpha value is -3.33. The molecule has 0 spiro atoms. The lowest BCUT2D eigenvalue weighted by Gasteiger charge is -2.27. The number of para-hydroxylation sites is 2. The van der Waals surface area contributed by atoms with Crippen LogP contribution in [-0.2, 0) is 4.79 Å². The van der Waals surface area contributed by atoms with Crippen LogP contribution < -0.4 is 15.4 Å². The number of anilines is 1. The number of nitrogens with one attached hydrogen (secondary N) is 2. The predicted octanol–water partition coefficient (Wildman–Crippen LogP) is 3.37. The van der Waals surface area contributed by atoms with Gasteiger partial charge in [0.05, 0.1) is 11.6 Å². The van der Waals surface area contributed by atoms with Crippen LogP contribution in [0.5, 0.6) is 5.75 Å². The normalized spacial score (nSPS) is 12.6. The van der Waals surface area contributed by atoms with Crippen molar-refractivity contribution in [1.29, 1.82) is 5.26 Å². The summed E-state index contributed by atoms with van der Waals surface area (Å²) in [7, 11) is 0. The fourth-order valence-electron chi connectivity index (χ4n) is 2.27. The Labute approximate surface area is 159 Å². The molecule has 6 heteroatoms. The minimum atomic E-state index is -0.982. The van der Waals surface area contributed by atoms with E-state index in [4.69, 9.17) is 4.74 Å². The predicted molar refractivity (Wildman–Crippen MR) is 103 cm³/mol. The molecule has 27 heavy (non-hydrogen) atoms. The van der Waals surface area contributed by atoms with Crippen molar-refractivity contribution in [3.8, 4) is 11.8 Å². The zero-order valence-electron chi connectivity index (χ0n) is 15.7. The van der Waals surface area contributed by atoms with Crippen molar-refractivity contribution >= 4 is 17.5 Å². The van der Waals surface area contributed by atoms with E-state index in [0.29, 0.717) is 17.0 Å². The summed E-state index contributed by atoms with van der Waals surface area (Å²) in [5.74, 6) is -0.521. The molecule has 2 amide bonds. The number of amides is 2. The topological polar surface area (TPSA) is 91.2 Å². The fraction of sp³-hybridized carbons (Fsp3) is 0.286. The highest BCUT2D eigenvalue weighted by molar-refractivity contribution is 6.06. The molecule has 0 saturated carbocycles. The van der Waals surface area contributed by atoms with Crippen LogP contribution in [0.15, 0.2) is 54.6 Å². The van der Waals surface area contributed by atoms with Crippen LogP contribution in [0.25, 0.3) is 0 Å². The van der Waals surface area contributed by atoms with Crippen LogP contribution in [0.4, 0.5) is 5.69 Å². The number of nitriles is 1. The van der Waals surface area contributed by atoms with E-state index >= 15 is 0 Å². The summed E-state index contributed by atoms with van der Waals surface area (Å²) >= 11 is 0. The van der Waals surface area contributed by atoms with Gasteiger partial charge in [-0.15, -0.1) is 0 Å². The van der Waals surface area contributed by atoms with Crippen molar-refractivity contribution in [2.75, 3.05) is 11.9 Å². The zero-order valence-corrected chi connectivity index (χ0v) is 15.7. The smallest absolute Gasteiger partial charge is 0.259 e.